The van der Waals surface area contributed by atoms with Gasteiger partial charge in [-0.05, 0) is 25.3 Å². The van der Waals surface area contributed by atoms with Gasteiger partial charge < -0.3 is 9.67 Å². The standard InChI is InChI=1S/C12H14N2O2S2/c1-8-6-14(9(2)10-4-3-5-17-10)12(13-8)18-7-11(15)16/h3-6,9H,7H2,1-2H3,(H,15,16). The molecule has 2 aromatic rings. The number of aliphatic carboxylic acids is 1. The molecule has 0 aliphatic rings. The van der Waals surface area contributed by atoms with E-state index in [0.29, 0.717) is 0 Å². The Balaban J connectivity index is 2.24. The van der Waals surface area contributed by atoms with Crippen molar-refractivity contribution < 1.29 is 9.90 Å². The van der Waals surface area contributed by atoms with Gasteiger partial charge in [0.2, 0.25) is 0 Å². The Labute approximate surface area is 114 Å². The molecule has 0 fully saturated rings. The lowest BCUT2D eigenvalue weighted by molar-refractivity contribution is -0.133. The van der Waals surface area contributed by atoms with Gasteiger partial charge in [0.1, 0.15) is 0 Å². The van der Waals surface area contributed by atoms with Crippen molar-refractivity contribution in [1.82, 2.24) is 9.55 Å². The van der Waals surface area contributed by atoms with Crippen LogP contribution >= 0.6 is 23.1 Å². The van der Waals surface area contributed by atoms with E-state index in [0.717, 1.165) is 10.9 Å². The molecule has 0 aliphatic heterocycles. The summed E-state index contributed by atoms with van der Waals surface area (Å²) in [7, 11) is 0. The van der Waals surface area contributed by atoms with Crippen LogP contribution in [0.4, 0.5) is 0 Å². The highest BCUT2D eigenvalue weighted by Crippen LogP contribution is 2.28. The number of thiophene rings is 1. The van der Waals surface area contributed by atoms with Crippen LogP contribution in [0.3, 0.4) is 0 Å². The molecule has 0 radical (unpaired) electrons. The maximum atomic E-state index is 10.6. The Hall–Kier alpha value is -1.27. The predicted octanol–water partition coefficient (Wildman–Crippen LogP) is 3.04. The molecule has 96 valence electrons. The molecule has 2 aromatic heterocycles. The minimum atomic E-state index is -0.823. The number of thioether (sulfide) groups is 1. The fourth-order valence-electron chi connectivity index (χ4n) is 1.67. The molecule has 2 heterocycles. The second kappa shape index (κ2) is 5.58. The van der Waals surface area contributed by atoms with Gasteiger partial charge in [0.25, 0.3) is 0 Å². The summed E-state index contributed by atoms with van der Waals surface area (Å²) in [6.45, 7) is 4.01. The third-order valence-electron chi connectivity index (χ3n) is 2.52. The van der Waals surface area contributed by atoms with E-state index in [1.807, 2.05) is 29.1 Å². The van der Waals surface area contributed by atoms with Crippen LogP contribution in [-0.2, 0) is 4.79 Å². The number of rotatable bonds is 5. The number of carboxylic acids is 1. The summed E-state index contributed by atoms with van der Waals surface area (Å²) in [6, 6.07) is 4.28. The number of carbonyl (C=O) groups is 1. The first-order valence-electron chi connectivity index (χ1n) is 5.51. The van der Waals surface area contributed by atoms with Crippen LogP contribution in [-0.4, -0.2) is 26.4 Å². The molecule has 6 heteroatoms. The molecule has 0 saturated heterocycles. The van der Waals surface area contributed by atoms with E-state index in [1.165, 1.54) is 16.6 Å². The van der Waals surface area contributed by atoms with E-state index < -0.39 is 5.97 Å². The Morgan fingerprint density at radius 3 is 3.06 bits per heavy atom. The van der Waals surface area contributed by atoms with E-state index in [9.17, 15) is 4.79 Å². The molecule has 1 unspecified atom stereocenters. The van der Waals surface area contributed by atoms with Crippen LogP contribution in [0.5, 0.6) is 0 Å². The van der Waals surface area contributed by atoms with Crippen molar-refractivity contribution in [3.05, 3.63) is 34.3 Å². The van der Waals surface area contributed by atoms with E-state index in [4.69, 9.17) is 5.11 Å². The van der Waals surface area contributed by atoms with Crippen LogP contribution in [0, 0.1) is 6.92 Å². The highest BCUT2D eigenvalue weighted by Gasteiger charge is 2.15. The third kappa shape index (κ3) is 2.94. The van der Waals surface area contributed by atoms with Crippen molar-refractivity contribution in [2.75, 3.05) is 5.75 Å². The second-order valence-corrected chi connectivity index (χ2v) is 5.87. The van der Waals surface area contributed by atoms with E-state index in [2.05, 4.69) is 18.0 Å². The average Bonchev–Trinajstić information content (AvgIpc) is 2.94. The van der Waals surface area contributed by atoms with E-state index in [1.54, 1.807) is 11.3 Å². The summed E-state index contributed by atoms with van der Waals surface area (Å²) in [5.74, 6) is -0.788. The second-order valence-electron chi connectivity index (χ2n) is 3.95. The highest BCUT2D eigenvalue weighted by atomic mass is 32.2. The molecule has 18 heavy (non-hydrogen) atoms. The normalized spacial score (nSPS) is 12.6. The van der Waals surface area contributed by atoms with Gasteiger partial charge in [0.05, 0.1) is 17.5 Å². The summed E-state index contributed by atoms with van der Waals surface area (Å²) < 4.78 is 2.04. The zero-order valence-electron chi connectivity index (χ0n) is 10.2. The summed E-state index contributed by atoms with van der Waals surface area (Å²) in [6.07, 6.45) is 1.97. The van der Waals surface area contributed by atoms with Crippen molar-refractivity contribution in [1.29, 1.82) is 0 Å². The number of hydrogen-bond donors (Lipinski definition) is 1. The van der Waals surface area contributed by atoms with Crippen molar-refractivity contribution in [3.63, 3.8) is 0 Å². The molecular formula is C12H14N2O2S2. The number of aryl methyl sites for hydroxylation is 1. The molecule has 0 spiro atoms. The number of nitrogens with zero attached hydrogens (tertiary/aromatic N) is 2. The Morgan fingerprint density at radius 1 is 1.67 bits per heavy atom. The first kappa shape index (κ1) is 13.2. The van der Waals surface area contributed by atoms with Crippen LogP contribution in [0.2, 0.25) is 0 Å². The van der Waals surface area contributed by atoms with Gasteiger partial charge in [-0.3, -0.25) is 4.79 Å². The zero-order valence-corrected chi connectivity index (χ0v) is 11.8. The SMILES string of the molecule is Cc1cn(C(C)c2cccs2)c(SCC(=O)O)n1. The first-order chi connectivity index (χ1) is 8.58. The number of imidazole rings is 1. The topological polar surface area (TPSA) is 55.1 Å². The smallest absolute Gasteiger partial charge is 0.313 e. The molecule has 0 aromatic carbocycles. The fraction of sp³-hybridized carbons (Fsp3) is 0.333. The summed E-state index contributed by atoms with van der Waals surface area (Å²) in [5.41, 5.74) is 0.909. The van der Waals surface area contributed by atoms with Crippen LogP contribution in [0.1, 0.15) is 23.5 Å². The van der Waals surface area contributed by atoms with Crippen LogP contribution < -0.4 is 0 Å². The lowest BCUT2D eigenvalue weighted by Gasteiger charge is -2.14. The molecule has 0 bridgehead atoms. The molecule has 0 saturated carbocycles. The largest absolute Gasteiger partial charge is 0.481 e. The van der Waals surface area contributed by atoms with Crippen LogP contribution in [0.25, 0.3) is 0 Å². The Morgan fingerprint density at radius 2 is 2.44 bits per heavy atom. The van der Waals surface area contributed by atoms with Gasteiger partial charge in [-0.1, -0.05) is 17.8 Å². The lowest BCUT2D eigenvalue weighted by Crippen LogP contribution is -2.07. The minimum absolute atomic E-state index is 0.0353. The monoisotopic (exact) mass is 282 g/mol. The molecule has 0 amide bonds. The molecule has 0 aliphatic carbocycles. The van der Waals surface area contributed by atoms with E-state index in [-0.39, 0.29) is 11.8 Å². The summed E-state index contributed by atoms with van der Waals surface area (Å²) in [4.78, 5) is 16.3. The van der Waals surface area contributed by atoms with Gasteiger partial charge in [-0.2, -0.15) is 0 Å². The summed E-state index contributed by atoms with van der Waals surface area (Å²) >= 11 is 2.95. The number of aromatic nitrogens is 2. The zero-order chi connectivity index (χ0) is 13.1. The lowest BCUT2D eigenvalue weighted by atomic mass is 10.3. The quantitative estimate of drug-likeness (QED) is 0.856. The van der Waals surface area contributed by atoms with Gasteiger partial charge in [0.15, 0.2) is 5.16 Å². The number of carboxylic acid groups (broad SMARTS) is 1. The molecule has 2 rings (SSSR count). The molecule has 4 nitrogen and oxygen atoms in total. The maximum absolute atomic E-state index is 10.6. The van der Waals surface area contributed by atoms with Gasteiger partial charge in [-0.15, -0.1) is 11.3 Å². The predicted molar refractivity (Wildman–Crippen MR) is 73.5 cm³/mol. The van der Waals surface area contributed by atoms with Crippen molar-refractivity contribution in [2.24, 2.45) is 0 Å². The number of hydrogen-bond acceptors (Lipinski definition) is 4. The average molecular weight is 282 g/mol. The minimum Gasteiger partial charge on any atom is -0.481 e. The van der Waals surface area contributed by atoms with E-state index >= 15 is 0 Å². The first-order valence-corrected chi connectivity index (χ1v) is 7.38. The summed E-state index contributed by atoms with van der Waals surface area (Å²) in [5, 5.41) is 11.5. The Kier molecular flexibility index (Phi) is 4.08. The van der Waals surface area contributed by atoms with Crippen LogP contribution in [0.15, 0.2) is 28.9 Å². The molecule has 1 N–H and O–H groups in total. The third-order valence-corrected chi connectivity index (χ3v) is 4.51. The van der Waals surface area contributed by atoms with Gasteiger partial charge in [0, 0.05) is 11.1 Å². The fourth-order valence-corrected chi connectivity index (χ4v) is 3.27. The Bertz CT molecular complexity index is 534. The maximum Gasteiger partial charge on any atom is 0.313 e. The van der Waals surface area contributed by atoms with Gasteiger partial charge >= 0.3 is 5.97 Å². The molecule has 1 atom stereocenters. The van der Waals surface area contributed by atoms with Crippen molar-refractivity contribution in [3.8, 4) is 0 Å². The van der Waals surface area contributed by atoms with Crippen molar-refractivity contribution >= 4 is 29.1 Å². The highest BCUT2D eigenvalue weighted by molar-refractivity contribution is 7.99. The van der Waals surface area contributed by atoms with Crippen molar-refractivity contribution in [2.45, 2.75) is 25.0 Å². The molecular weight excluding hydrogens is 268 g/mol. The van der Waals surface area contributed by atoms with Gasteiger partial charge in [-0.25, -0.2) is 4.98 Å².